The molecule has 1 fully saturated rings. The Balaban J connectivity index is 1.47. The third kappa shape index (κ3) is 4.93. The Morgan fingerprint density at radius 1 is 1.07 bits per heavy atom. The van der Waals surface area contributed by atoms with Crippen LogP contribution >= 0.6 is 0 Å². The van der Waals surface area contributed by atoms with Gasteiger partial charge < -0.3 is 9.64 Å². The van der Waals surface area contributed by atoms with Gasteiger partial charge in [0.05, 0.1) is 24.9 Å². The molecule has 0 spiro atoms. The van der Waals surface area contributed by atoms with E-state index in [9.17, 15) is 4.79 Å². The van der Waals surface area contributed by atoms with Crippen LogP contribution in [0, 0.1) is 5.41 Å². The minimum Gasteiger partial charge on any atom is -0.493 e. The van der Waals surface area contributed by atoms with Crippen molar-refractivity contribution >= 4 is 10.9 Å². The molecule has 160 valence electrons. The number of benzene rings is 1. The summed E-state index contributed by atoms with van der Waals surface area (Å²) in [5.41, 5.74) is 2.06. The molecule has 1 aromatic carbocycles. The zero-order chi connectivity index (χ0) is 21.1. The minimum absolute atomic E-state index is 0.0935. The molecule has 6 heteroatoms. The first-order chi connectivity index (χ1) is 14.4. The highest BCUT2D eigenvalue weighted by Gasteiger charge is 2.13. The summed E-state index contributed by atoms with van der Waals surface area (Å²) in [6, 6.07) is 9.48. The van der Waals surface area contributed by atoms with E-state index in [0.29, 0.717) is 12.4 Å². The number of hydrogen-bond donors (Lipinski definition) is 0. The van der Waals surface area contributed by atoms with E-state index in [1.165, 1.54) is 25.9 Å². The lowest BCUT2D eigenvalue weighted by atomic mass is 9.93. The molecule has 0 bridgehead atoms. The molecule has 0 amide bonds. The summed E-state index contributed by atoms with van der Waals surface area (Å²) < 4.78 is 9.48. The predicted molar refractivity (Wildman–Crippen MR) is 121 cm³/mol. The van der Waals surface area contributed by atoms with Crippen molar-refractivity contribution in [3.63, 3.8) is 0 Å². The highest BCUT2D eigenvalue weighted by Crippen LogP contribution is 2.21. The summed E-state index contributed by atoms with van der Waals surface area (Å²) in [6.07, 6.45) is 7.22. The van der Waals surface area contributed by atoms with Crippen LogP contribution in [0.4, 0.5) is 0 Å². The molecule has 0 unspecified atom stereocenters. The van der Waals surface area contributed by atoms with Gasteiger partial charge in [0.15, 0.2) is 0 Å². The minimum atomic E-state index is -0.0935. The standard InChI is InChI=1S/C24H32N4O2/c1-24(2,3)9-15-30-21-8-12-27(23(29)17-21)20-6-7-22-19(16-20)18-25-28(22)14-13-26-10-4-5-11-26/h6-8,12,16-18H,4-5,9-11,13-15H2,1-3H3. The summed E-state index contributed by atoms with van der Waals surface area (Å²) in [7, 11) is 0. The summed E-state index contributed by atoms with van der Waals surface area (Å²) in [5.74, 6) is 0.622. The van der Waals surface area contributed by atoms with Crippen LogP contribution in [0.5, 0.6) is 5.75 Å². The van der Waals surface area contributed by atoms with Crippen LogP contribution in [0.3, 0.4) is 0 Å². The van der Waals surface area contributed by atoms with Crippen LogP contribution in [0.1, 0.15) is 40.0 Å². The van der Waals surface area contributed by atoms with Crippen molar-refractivity contribution in [1.29, 1.82) is 0 Å². The molecule has 0 saturated carbocycles. The molecule has 30 heavy (non-hydrogen) atoms. The monoisotopic (exact) mass is 408 g/mol. The van der Waals surface area contributed by atoms with Crippen LogP contribution in [0.2, 0.25) is 0 Å². The number of pyridine rings is 1. The SMILES string of the molecule is CC(C)(C)CCOc1ccn(-c2ccc3c(cnn3CCN3CCCC3)c2)c(=O)c1. The van der Waals surface area contributed by atoms with Crippen LogP contribution < -0.4 is 10.3 Å². The van der Waals surface area contributed by atoms with Crippen LogP contribution in [-0.4, -0.2) is 45.5 Å². The van der Waals surface area contributed by atoms with Gasteiger partial charge in [0.2, 0.25) is 0 Å². The number of rotatable bonds is 7. The molecule has 1 aliphatic rings. The van der Waals surface area contributed by atoms with Crippen molar-refractivity contribution in [1.82, 2.24) is 19.2 Å². The molecule has 0 aliphatic carbocycles. The van der Waals surface area contributed by atoms with Gasteiger partial charge in [-0.05, 0) is 62.0 Å². The fraction of sp³-hybridized carbons (Fsp3) is 0.500. The number of aromatic nitrogens is 3. The molecule has 4 rings (SSSR count). The van der Waals surface area contributed by atoms with Crippen LogP contribution in [0.15, 0.2) is 47.5 Å². The largest absolute Gasteiger partial charge is 0.493 e. The third-order valence-corrected chi connectivity index (χ3v) is 5.74. The van der Waals surface area contributed by atoms with Gasteiger partial charge in [-0.1, -0.05) is 20.8 Å². The Hall–Kier alpha value is -2.60. The molecule has 6 nitrogen and oxygen atoms in total. The average Bonchev–Trinajstić information content (AvgIpc) is 3.35. The van der Waals surface area contributed by atoms with Crippen molar-refractivity contribution < 1.29 is 4.74 Å². The first kappa shape index (κ1) is 20.7. The van der Waals surface area contributed by atoms with Crippen molar-refractivity contribution in [2.45, 2.75) is 46.6 Å². The molecule has 3 aromatic rings. The molecule has 0 radical (unpaired) electrons. The third-order valence-electron chi connectivity index (χ3n) is 5.74. The van der Waals surface area contributed by atoms with Gasteiger partial charge in [-0.15, -0.1) is 0 Å². The second kappa shape index (κ2) is 8.64. The highest BCUT2D eigenvalue weighted by atomic mass is 16.5. The quantitative estimate of drug-likeness (QED) is 0.591. The van der Waals surface area contributed by atoms with Gasteiger partial charge in [-0.25, -0.2) is 0 Å². The van der Waals surface area contributed by atoms with Crippen molar-refractivity contribution in [3.05, 3.63) is 53.1 Å². The molecule has 1 aliphatic heterocycles. The van der Waals surface area contributed by atoms with E-state index >= 15 is 0 Å². The first-order valence-corrected chi connectivity index (χ1v) is 10.9. The predicted octanol–water partition coefficient (Wildman–Crippen LogP) is 4.10. The van der Waals surface area contributed by atoms with E-state index in [4.69, 9.17) is 4.74 Å². The Labute approximate surface area is 178 Å². The second-order valence-corrected chi connectivity index (χ2v) is 9.39. The van der Waals surface area contributed by atoms with Crippen molar-refractivity contribution in [2.75, 3.05) is 26.2 Å². The molecule has 0 N–H and O–H groups in total. The van der Waals surface area contributed by atoms with E-state index < -0.39 is 0 Å². The fourth-order valence-corrected chi connectivity index (χ4v) is 3.88. The fourth-order valence-electron chi connectivity index (χ4n) is 3.88. The van der Waals surface area contributed by atoms with Gasteiger partial charge in [-0.2, -0.15) is 5.10 Å². The highest BCUT2D eigenvalue weighted by molar-refractivity contribution is 5.80. The van der Waals surface area contributed by atoms with Gasteiger partial charge >= 0.3 is 0 Å². The van der Waals surface area contributed by atoms with Crippen LogP contribution in [0.25, 0.3) is 16.6 Å². The van der Waals surface area contributed by atoms with E-state index in [0.717, 1.165) is 36.1 Å². The average molecular weight is 409 g/mol. The molecule has 0 atom stereocenters. The number of fused-ring (bicyclic) bond motifs is 1. The Kier molecular flexibility index (Phi) is 5.95. The van der Waals surface area contributed by atoms with E-state index in [1.54, 1.807) is 16.8 Å². The maximum absolute atomic E-state index is 12.6. The topological polar surface area (TPSA) is 52.3 Å². The summed E-state index contributed by atoms with van der Waals surface area (Å²) >= 11 is 0. The maximum Gasteiger partial charge on any atom is 0.258 e. The Morgan fingerprint density at radius 2 is 1.87 bits per heavy atom. The maximum atomic E-state index is 12.6. The van der Waals surface area contributed by atoms with Crippen molar-refractivity contribution in [2.24, 2.45) is 5.41 Å². The van der Waals surface area contributed by atoms with Gasteiger partial charge in [0, 0.05) is 29.9 Å². The molecule has 2 aromatic heterocycles. The molecular weight excluding hydrogens is 376 g/mol. The number of likely N-dealkylation sites (tertiary alicyclic amines) is 1. The first-order valence-electron chi connectivity index (χ1n) is 10.9. The van der Waals surface area contributed by atoms with E-state index in [2.05, 4.69) is 41.5 Å². The smallest absolute Gasteiger partial charge is 0.258 e. The lowest BCUT2D eigenvalue weighted by Gasteiger charge is -2.18. The molecule has 3 heterocycles. The number of hydrogen-bond acceptors (Lipinski definition) is 4. The van der Waals surface area contributed by atoms with Crippen molar-refractivity contribution in [3.8, 4) is 11.4 Å². The second-order valence-electron chi connectivity index (χ2n) is 9.39. The normalized spacial score (nSPS) is 15.2. The van der Waals surface area contributed by atoms with Gasteiger partial charge in [-0.3, -0.25) is 14.0 Å². The van der Waals surface area contributed by atoms with E-state index in [-0.39, 0.29) is 11.0 Å². The van der Waals surface area contributed by atoms with Crippen LogP contribution in [-0.2, 0) is 6.54 Å². The zero-order valence-corrected chi connectivity index (χ0v) is 18.3. The summed E-state index contributed by atoms with van der Waals surface area (Å²) in [4.78, 5) is 15.1. The number of ether oxygens (including phenoxy) is 1. The van der Waals surface area contributed by atoms with Gasteiger partial charge in [0.1, 0.15) is 5.75 Å². The van der Waals surface area contributed by atoms with Gasteiger partial charge in [0.25, 0.3) is 5.56 Å². The summed E-state index contributed by atoms with van der Waals surface area (Å²) in [6.45, 7) is 11.5. The number of nitrogens with zero attached hydrogens (tertiary/aromatic N) is 4. The molecule has 1 saturated heterocycles. The lowest BCUT2D eigenvalue weighted by Crippen LogP contribution is -2.24. The Morgan fingerprint density at radius 3 is 2.60 bits per heavy atom. The molecular formula is C24H32N4O2. The Bertz CT molecular complexity index is 1050. The lowest BCUT2D eigenvalue weighted by molar-refractivity contribution is 0.242. The zero-order valence-electron chi connectivity index (χ0n) is 18.3. The van der Waals surface area contributed by atoms with E-state index in [1.807, 2.05) is 24.4 Å². The summed E-state index contributed by atoms with van der Waals surface area (Å²) in [5, 5.41) is 5.61.